The molecule has 0 spiro atoms. The van der Waals surface area contributed by atoms with E-state index in [0.717, 1.165) is 17.1 Å². The number of amides is 1. The number of aryl methyl sites for hydroxylation is 2. The number of hydrogen-bond acceptors (Lipinski definition) is 4. The van der Waals surface area contributed by atoms with Gasteiger partial charge in [-0.3, -0.25) is 9.48 Å². The van der Waals surface area contributed by atoms with Gasteiger partial charge in [-0.15, -0.1) is 0 Å². The molecule has 0 aliphatic carbocycles. The summed E-state index contributed by atoms with van der Waals surface area (Å²) in [6.07, 6.45) is 0. The Morgan fingerprint density at radius 1 is 1.63 bits per heavy atom. The summed E-state index contributed by atoms with van der Waals surface area (Å²) in [5.74, 6) is 0.702. The standard InChI is InChI=1S/C12H21N5OS/c1-7(11(18)14-3)6-16(4)12-9(10(13)19)8(2)15-17(12)5/h7H,6H2,1-5H3,(H2,13,19)(H,14,18). The summed E-state index contributed by atoms with van der Waals surface area (Å²) < 4.78 is 1.74. The minimum Gasteiger partial charge on any atom is -0.389 e. The van der Waals surface area contributed by atoms with Crippen molar-refractivity contribution < 1.29 is 4.79 Å². The second-order valence-electron chi connectivity index (χ2n) is 4.67. The first kappa shape index (κ1) is 15.4. The molecule has 1 amide bonds. The normalized spacial score (nSPS) is 12.1. The van der Waals surface area contributed by atoms with Crippen molar-refractivity contribution in [3.05, 3.63) is 11.3 Å². The van der Waals surface area contributed by atoms with E-state index in [1.165, 1.54) is 0 Å². The van der Waals surface area contributed by atoms with E-state index >= 15 is 0 Å². The average molecular weight is 283 g/mol. The molecule has 0 saturated carbocycles. The Morgan fingerprint density at radius 3 is 2.68 bits per heavy atom. The lowest BCUT2D eigenvalue weighted by molar-refractivity contribution is -0.123. The highest BCUT2D eigenvalue weighted by atomic mass is 32.1. The number of aromatic nitrogens is 2. The maximum atomic E-state index is 11.6. The first-order valence-electron chi connectivity index (χ1n) is 6.05. The molecule has 0 radical (unpaired) electrons. The Bertz CT molecular complexity index is 497. The van der Waals surface area contributed by atoms with Crippen LogP contribution in [-0.2, 0) is 11.8 Å². The first-order chi connectivity index (χ1) is 8.79. The second kappa shape index (κ2) is 6.01. The molecule has 1 atom stereocenters. The van der Waals surface area contributed by atoms with Gasteiger partial charge >= 0.3 is 0 Å². The predicted octanol–water partition coefficient (Wildman–Crippen LogP) is 0.181. The number of nitrogens with one attached hydrogen (secondary N) is 1. The first-order valence-corrected chi connectivity index (χ1v) is 6.46. The number of nitrogens with two attached hydrogens (primary N) is 1. The monoisotopic (exact) mass is 283 g/mol. The maximum absolute atomic E-state index is 11.6. The molecule has 0 bridgehead atoms. The van der Waals surface area contributed by atoms with Crippen LogP contribution in [0.2, 0.25) is 0 Å². The van der Waals surface area contributed by atoms with Gasteiger partial charge in [-0.1, -0.05) is 19.1 Å². The van der Waals surface area contributed by atoms with Crippen molar-refractivity contribution in [1.82, 2.24) is 15.1 Å². The number of rotatable bonds is 5. The summed E-state index contributed by atoms with van der Waals surface area (Å²) in [7, 11) is 5.37. The van der Waals surface area contributed by atoms with Gasteiger partial charge in [0.15, 0.2) is 0 Å². The van der Waals surface area contributed by atoms with E-state index in [1.807, 2.05) is 32.8 Å². The molecular weight excluding hydrogens is 262 g/mol. The van der Waals surface area contributed by atoms with E-state index in [0.29, 0.717) is 11.5 Å². The molecule has 1 heterocycles. The van der Waals surface area contributed by atoms with Crippen LogP contribution in [0.3, 0.4) is 0 Å². The fourth-order valence-electron chi connectivity index (χ4n) is 2.20. The van der Waals surface area contributed by atoms with E-state index in [2.05, 4.69) is 10.4 Å². The van der Waals surface area contributed by atoms with Gasteiger partial charge < -0.3 is 16.0 Å². The Kier molecular flexibility index (Phi) is 4.88. The lowest BCUT2D eigenvalue weighted by Crippen LogP contribution is -2.35. The van der Waals surface area contributed by atoms with E-state index < -0.39 is 0 Å². The third kappa shape index (κ3) is 3.23. The Morgan fingerprint density at radius 2 is 2.21 bits per heavy atom. The molecule has 6 nitrogen and oxygen atoms in total. The lowest BCUT2D eigenvalue weighted by atomic mass is 10.1. The van der Waals surface area contributed by atoms with Gasteiger partial charge in [0.1, 0.15) is 10.8 Å². The van der Waals surface area contributed by atoms with Crippen molar-refractivity contribution in [2.24, 2.45) is 18.7 Å². The molecule has 3 N–H and O–H groups in total. The van der Waals surface area contributed by atoms with Crippen molar-refractivity contribution in [1.29, 1.82) is 0 Å². The van der Waals surface area contributed by atoms with Gasteiger partial charge in [0.05, 0.1) is 17.2 Å². The van der Waals surface area contributed by atoms with Gasteiger partial charge in [-0.25, -0.2) is 0 Å². The minimum absolute atomic E-state index is 0.00242. The molecule has 1 aromatic rings. The number of anilines is 1. The summed E-state index contributed by atoms with van der Waals surface area (Å²) >= 11 is 5.08. The fraction of sp³-hybridized carbons (Fsp3) is 0.583. The third-order valence-electron chi connectivity index (χ3n) is 3.04. The number of nitrogens with zero attached hydrogens (tertiary/aromatic N) is 3. The molecule has 1 rings (SSSR count). The molecule has 0 saturated heterocycles. The molecule has 106 valence electrons. The molecule has 1 aromatic heterocycles. The van der Waals surface area contributed by atoms with E-state index in [-0.39, 0.29) is 11.8 Å². The lowest BCUT2D eigenvalue weighted by Gasteiger charge is -2.23. The van der Waals surface area contributed by atoms with Crippen LogP contribution in [-0.4, -0.2) is 41.3 Å². The topological polar surface area (TPSA) is 76.2 Å². The highest BCUT2D eigenvalue weighted by molar-refractivity contribution is 7.80. The van der Waals surface area contributed by atoms with Crippen molar-refractivity contribution in [2.75, 3.05) is 25.5 Å². The molecule has 0 fully saturated rings. The van der Waals surface area contributed by atoms with Gasteiger partial charge in [0.25, 0.3) is 0 Å². The Balaban J connectivity index is 3.03. The molecule has 1 unspecified atom stereocenters. The van der Waals surface area contributed by atoms with Crippen LogP contribution in [0.15, 0.2) is 0 Å². The van der Waals surface area contributed by atoms with E-state index in [4.69, 9.17) is 18.0 Å². The molecule has 0 aliphatic rings. The van der Waals surface area contributed by atoms with Crippen LogP contribution >= 0.6 is 12.2 Å². The SMILES string of the molecule is CNC(=O)C(C)CN(C)c1c(C(N)=S)c(C)nn1C. The summed E-state index contributed by atoms with van der Waals surface area (Å²) in [6.45, 7) is 4.31. The van der Waals surface area contributed by atoms with Crippen LogP contribution in [0.5, 0.6) is 0 Å². The number of carbonyl (C=O) groups excluding carboxylic acids is 1. The third-order valence-corrected chi connectivity index (χ3v) is 3.25. The van der Waals surface area contributed by atoms with Crippen molar-refractivity contribution in [2.45, 2.75) is 13.8 Å². The maximum Gasteiger partial charge on any atom is 0.224 e. The molecule has 19 heavy (non-hydrogen) atoms. The second-order valence-corrected chi connectivity index (χ2v) is 5.11. The molecular formula is C12H21N5OS. The smallest absolute Gasteiger partial charge is 0.224 e. The summed E-state index contributed by atoms with van der Waals surface area (Å²) in [5, 5.41) is 6.97. The van der Waals surface area contributed by atoms with Gasteiger partial charge in [-0.2, -0.15) is 5.10 Å². The fourth-order valence-corrected chi connectivity index (χ4v) is 2.44. The van der Waals surface area contributed by atoms with Crippen LogP contribution in [0.4, 0.5) is 5.82 Å². The number of hydrogen-bond donors (Lipinski definition) is 2. The highest BCUT2D eigenvalue weighted by Gasteiger charge is 2.21. The van der Waals surface area contributed by atoms with Gasteiger partial charge in [0.2, 0.25) is 5.91 Å². The van der Waals surface area contributed by atoms with Crippen LogP contribution in [0, 0.1) is 12.8 Å². The zero-order chi connectivity index (χ0) is 14.7. The van der Waals surface area contributed by atoms with E-state index in [9.17, 15) is 4.79 Å². The predicted molar refractivity (Wildman–Crippen MR) is 80.3 cm³/mol. The van der Waals surface area contributed by atoms with Gasteiger partial charge in [-0.05, 0) is 6.92 Å². The highest BCUT2D eigenvalue weighted by Crippen LogP contribution is 2.22. The molecule has 0 aromatic carbocycles. The minimum atomic E-state index is -0.135. The van der Waals surface area contributed by atoms with E-state index in [1.54, 1.807) is 11.7 Å². The average Bonchev–Trinajstić information content (AvgIpc) is 2.62. The summed E-state index contributed by atoms with van der Waals surface area (Å²) in [5.41, 5.74) is 7.32. The van der Waals surface area contributed by atoms with Crippen LogP contribution in [0.1, 0.15) is 18.2 Å². The summed E-state index contributed by atoms with van der Waals surface area (Å²) in [6, 6.07) is 0. The van der Waals surface area contributed by atoms with Crippen molar-refractivity contribution in [3.8, 4) is 0 Å². The van der Waals surface area contributed by atoms with Crippen LogP contribution in [0.25, 0.3) is 0 Å². The zero-order valence-electron chi connectivity index (χ0n) is 12.0. The largest absolute Gasteiger partial charge is 0.389 e. The summed E-state index contributed by atoms with van der Waals surface area (Å²) in [4.78, 5) is 13.8. The zero-order valence-corrected chi connectivity index (χ0v) is 12.8. The Labute approximate surface area is 118 Å². The Hall–Kier alpha value is -1.63. The molecule has 0 aliphatic heterocycles. The van der Waals surface area contributed by atoms with Gasteiger partial charge in [0, 0.05) is 27.7 Å². The van der Waals surface area contributed by atoms with Crippen molar-refractivity contribution >= 4 is 28.9 Å². The molecule has 7 heteroatoms. The quantitative estimate of drug-likeness (QED) is 0.754. The van der Waals surface area contributed by atoms with Crippen molar-refractivity contribution in [3.63, 3.8) is 0 Å². The number of thiocarbonyl (C=S) groups is 1. The van der Waals surface area contributed by atoms with Crippen LogP contribution < -0.4 is 16.0 Å². The number of carbonyl (C=O) groups is 1.